The van der Waals surface area contributed by atoms with Crippen molar-refractivity contribution >= 4 is 11.9 Å². The maximum Gasteiger partial charge on any atom is 0.358 e. The number of amides is 1. The van der Waals surface area contributed by atoms with E-state index in [0.29, 0.717) is 25.3 Å². The molecule has 1 saturated heterocycles. The van der Waals surface area contributed by atoms with E-state index in [-0.39, 0.29) is 11.6 Å². The van der Waals surface area contributed by atoms with Crippen LogP contribution >= 0.6 is 0 Å². The monoisotopic (exact) mass is 253 g/mol. The van der Waals surface area contributed by atoms with Gasteiger partial charge in [0.1, 0.15) is 0 Å². The van der Waals surface area contributed by atoms with Gasteiger partial charge in [0.05, 0.1) is 12.0 Å². The van der Waals surface area contributed by atoms with Crippen molar-refractivity contribution in [1.29, 1.82) is 0 Å². The first-order valence-corrected chi connectivity index (χ1v) is 5.62. The lowest BCUT2D eigenvalue weighted by molar-refractivity contribution is -0.126. The van der Waals surface area contributed by atoms with Gasteiger partial charge >= 0.3 is 5.97 Å². The number of primary amides is 1. The minimum Gasteiger partial charge on any atom is -0.476 e. The Kier molecular flexibility index (Phi) is 3.08. The fourth-order valence-corrected chi connectivity index (χ4v) is 2.10. The van der Waals surface area contributed by atoms with Crippen molar-refractivity contribution in [1.82, 2.24) is 10.1 Å². The third-order valence-corrected chi connectivity index (χ3v) is 3.30. The van der Waals surface area contributed by atoms with Gasteiger partial charge in [-0.15, -0.1) is 0 Å². The molecule has 1 atom stereocenters. The van der Waals surface area contributed by atoms with Crippen LogP contribution in [0.2, 0.25) is 0 Å². The minimum absolute atomic E-state index is 0.109. The summed E-state index contributed by atoms with van der Waals surface area (Å²) in [6.45, 7) is 3.54. The van der Waals surface area contributed by atoms with Crippen LogP contribution in [0.15, 0.2) is 10.6 Å². The quantitative estimate of drug-likeness (QED) is 0.785. The van der Waals surface area contributed by atoms with Crippen molar-refractivity contribution in [3.8, 4) is 0 Å². The number of carbonyl (C=O) groups is 2. The molecule has 1 aliphatic heterocycles. The predicted octanol–water partition coefficient (Wildman–Crippen LogP) is 0.0701. The Balaban J connectivity index is 1.99. The van der Waals surface area contributed by atoms with Crippen LogP contribution in [0.25, 0.3) is 0 Å². The first-order valence-electron chi connectivity index (χ1n) is 5.62. The molecule has 0 spiro atoms. The highest BCUT2D eigenvalue weighted by atomic mass is 16.5. The van der Waals surface area contributed by atoms with E-state index >= 15 is 0 Å². The highest BCUT2D eigenvalue weighted by Gasteiger charge is 2.38. The number of aromatic carboxylic acids is 1. The minimum atomic E-state index is -1.12. The molecule has 0 aliphatic carbocycles. The Morgan fingerprint density at radius 2 is 2.39 bits per heavy atom. The summed E-state index contributed by atoms with van der Waals surface area (Å²) in [5, 5.41) is 12.2. The van der Waals surface area contributed by atoms with Gasteiger partial charge in [0.25, 0.3) is 0 Å². The molecule has 18 heavy (non-hydrogen) atoms. The fraction of sp³-hybridized carbons (Fsp3) is 0.545. The van der Waals surface area contributed by atoms with Crippen LogP contribution in [0.1, 0.15) is 29.6 Å². The molecule has 7 nitrogen and oxygen atoms in total. The molecular formula is C11H15N3O4. The molecule has 0 saturated carbocycles. The van der Waals surface area contributed by atoms with Crippen LogP contribution in [0.4, 0.5) is 0 Å². The van der Waals surface area contributed by atoms with E-state index in [4.69, 9.17) is 15.4 Å². The number of rotatable bonds is 4. The molecule has 1 unspecified atom stereocenters. The molecule has 1 aromatic rings. The second-order valence-corrected chi connectivity index (χ2v) is 4.87. The number of nitrogens with zero attached hydrogens (tertiary/aromatic N) is 2. The Labute approximate surface area is 104 Å². The van der Waals surface area contributed by atoms with Gasteiger partial charge in [0.2, 0.25) is 5.91 Å². The highest BCUT2D eigenvalue weighted by molar-refractivity contribution is 5.85. The van der Waals surface area contributed by atoms with Crippen LogP contribution in [-0.2, 0) is 11.3 Å². The van der Waals surface area contributed by atoms with Crippen LogP contribution in [0, 0.1) is 5.41 Å². The summed E-state index contributed by atoms with van der Waals surface area (Å²) >= 11 is 0. The lowest BCUT2D eigenvalue weighted by Crippen LogP contribution is -2.36. The smallest absolute Gasteiger partial charge is 0.358 e. The lowest BCUT2D eigenvalue weighted by atomic mass is 9.89. The van der Waals surface area contributed by atoms with Gasteiger partial charge in [-0.1, -0.05) is 5.16 Å². The van der Waals surface area contributed by atoms with E-state index in [9.17, 15) is 9.59 Å². The Morgan fingerprint density at radius 1 is 1.67 bits per heavy atom. The molecule has 2 heterocycles. The lowest BCUT2D eigenvalue weighted by Gasteiger charge is -2.20. The van der Waals surface area contributed by atoms with E-state index in [1.54, 1.807) is 0 Å². The standard InChI is InChI=1S/C11H15N3O4/c1-11(10(12)17)2-3-14(6-11)5-7-4-8(9(15)16)13-18-7/h4H,2-3,5-6H2,1H3,(H2,12,17)(H,15,16). The SMILES string of the molecule is CC1(C(N)=O)CCN(Cc2cc(C(=O)O)no2)C1. The van der Waals surface area contributed by atoms with Crippen molar-refractivity contribution in [2.45, 2.75) is 19.9 Å². The van der Waals surface area contributed by atoms with E-state index in [1.807, 2.05) is 11.8 Å². The number of carboxylic acids is 1. The summed E-state index contributed by atoms with van der Waals surface area (Å²) in [5.41, 5.74) is 4.72. The van der Waals surface area contributed by atoms with Crippen LogP contribution in [0.3, 0.4) is 0 Å². The topological polar surface area (TPSA) is 110 Å². The van der Waals surface area contributed by atoms with Crippen LogP contribution in [0.5, 0.6) is 0 Å². The van der Waals surface area contributed by atoms with E-state index in [2.05, 4.69) is 5.16 Å². The summed E-state index contributed by atoms with van der Waals surface area (Å²) in [6.07, 6.45) is 0.697. The predicted molar refractivity (Wildman–Crippen MR) is 60.7 cm³/mol. The molecule has 1 amide bonds. The van der Waals surface area contributed by atoms with Crippen molar-refractivity contribution < 1.29 is 19.2 Å². The summed E-state index contributed by atoms with van der Waals surface area (Å²) in [5.74, 6) is -0.955. The summed E-state index contributed by atoms with van der Waals surface area (Å²) in [4.78, 5) is 23.9. The molecule has 1 fully saturated rings. The normalized spacial score (nSPS) is 24.3. The molecule has 98 valence electrons. The Hall–Kier alpha value is -1.89. The third kappa shape index (κ3) is 2.35. The molecule has 0 radical (unpaired) electrons. The number of carbonyl (C=O) groups excluding carboxylic acids is 1. The molecule has 0 aromatic carbocycles. The number of hydrogen-bond acceptors (Lipinski definition) is 5. The average Bonchev–Trinajstić information content (AvgIpc) is 2.87. The van der Waals surface area contributed by atoms with Crippen molar-refractivity contribution in [3.63, 3.8) is 0 Å². The molecule has 2 rings (SSSR count). The van der Waals surface area contributed by atoms with Gasteiger partial charge in [-0.3, -0.25) is 9.69 Å². The van der Waals surface area contributed by atoms with Crippen LogP contribution in [-0.4, -0.2) is 40.1 Å². The molecule has 7 heteroatoms. The van der Waals surface area contributed by atoms with Gasteiger partial charge in [0.15, 0.2) is 11.5 Å². The number of likely N-dealkylation sites (tertiary alicyclic amines) is 1. The molecule has 1 aromatic heterocycles. The number of aromatic nitrogens is 1. The van der Waals surface area contributed by atoms with Gasteiger partial charge in [0, 0.05) is 12.6 Å². The second kappa shape index (κ2) is 4.41. The second-order valence-electron chi connectivity index (χ2n) is 4.87. The van der Waals surface area contributed by atoms with E-state index < -0.39 is 11.4 Å². The number of carboxylic acid groups (broad SMARTS) is 1. The first kappa shape index (κ1) is 12.6. The van der Waals surface area contributed by atoms with Crippen LogP contribution < -0.4 is 5.73 Å². The zero-order chi connectivity index (χ0) is 13.3. The van der Waals surface area contributed by atoms with E-state index in [1.165, 1.54) is 6.07 Å². The van der Waals surface area contributed by atoms with E-state index in [0.717, 1.165) is 6.54 Å². The van der Waals surface area contributed by atoms with Crippen molar-refractivity contribution in [2.24, 2.45) is 11.1 Å². The number of hydrogen-bond donors (Lipinski definition) is 2. The zero-order valence-electron chi connectivity index (χ0n) is 10.0. The third-order valence-electron chi connectivity index (χ3n) is 3.30. The maximum atomic E-state index is 11.3. The largest absolute Gasteiger partial charge is 0.476 e. The maximum absolute atomic E-state index is 11.3. The zero-order valence-corrected chi connectivity index (χ0v) is 10.0. The average molecular weight is 253 g/mol. The Bertz CT molecular complexity index is 484. The van der Waals surface area contributed by atoms with Gasteiger partial charge < -0.3 is 15.4 Å². The molecule has 1 aliphatic rings. The first-order chi connectivity index (χ1) is 8.40. The molecule has 0 bridgehead atoms. The fourth-order valence-electron chi connectivity index (χ4n) is 2.10. The summed E-state index contributed by atoms with van der Waals surface area (Å²) in [6, 6.07) is 1.39. The summed E-state index contributed by atoms with van der Waals surface area (Å²) < 4.78 is 4.93. The Morgan fingerprint density at radius 3 is 2.89 bits per heavy atom. The summed E-state index contributed by atoms with van der Waals surface area (Å²) in [7, 11) is 0. The molecule has 3 N–H and O–H groups in total. The number of nitrogens with two attached hydrogens (primary N) is 1. The van der Waals surface area contributed by atoms with Gasteiger partial charge in [-0.05, 0) is 19.9 Å². The van der Waals surface area contributed by atoms with Crippen molar-refractivity contribution in [2.75, 3.05) is 13.1 Å². The highest BCUT2D eigenvalue weighted by Crippen LogP contribution is 2.30. The van der Waals surface area contributed by atoms with Gasteiger partial charge in [-0.25, -0.2) is 4.79 Å². The van der Waals surface area contributed by atoms with Gasteiger partial charge in [-0.2, -0.15) is 0 Å². The molecular weight excluding hydrogens is 238 g/mol. The van der Waals surface area contributed by atoms with Crippen molar-refractivity contribution in [3.05, 3.63) is 17.5 Å².